The van der Waals surface area contributed by atoms with E-state index in [0.717, 1.165) is 31.4 Å². The number of rotatable bonds is 5. The summed E-state index contributed by atoms with van der Waals surface area (Å²) in [5.41, 5.74) is 0.841. The number of ether oxygens (including phenoxy) is 2. The van der Waals surface area contributed by atoms with Gasteiger partial charge in [-0.3, -0.25) is 0 Å². The molecule has 1 atom stereocenters. The molecule has 0 aliphatic carbocycles. The Morgan fingerprint density at radius 2 is 2.33 bits per heavy atom. The number of benzene rings is 1. The summed E-state index contributed by atoms with van der Waals surface area (Å²) in [6, 6.07) is 5.00. The maximum atomic E-state index is 13.7. The van der Waals surface area contributed by atoms with Crippen LogP contribution in [0.15, 0.2) is 18.2 Å². The molecule has 1 saturated heterocycles. The first-order chi connectivity index (χ1) is 8.81. The van der Waals surface area contributed by atoms with E-state index in [-0.39, 0.29) is 11.9 Å². The van der Waals surface area contributed by atoms with Gasteiger partial charge >= 0.3 is 0 Å². The summed E-state index contributed by atoms with van der Waals surface area (Å²) in [7, 11) is 1.83. The molecule has 1 aliphatic rings. The van der Waals surface area contributed by atoms with Crippen LogP contribution in [-0.2, 0) is 11.3 Å². The predicted molar refractivity (Wildman–Crippen MR) is 68.2 cm³/mol. The van der Waals surface area contributed by atoms with Gasteiger partial charge in [0.1, 0.15) is 6.61 Å². The lowest BCUT2D eigenvalue weighted by Crippen LogP contribution is -2.26. The second-order valence-electron chi connectivity index (χ2n) is 4.56. The second-order valence-corrected chi connectivity index (χ2v) is 4.56. The Morgan fingerprint density at radius 1 is 1.44 bits per heavy atom. The molecule has 0 aromatic heterocycles. The number of halogens is 1. The van der Waals surface area contributed by atoms with Crippen LogP contribution in [0.25, 0.3) is 0 Å². The zero-order valence-electron chi connectivity index (χ0n) is 10.7. The molecular weight excluding hydrogens is 233 g/mol. The van der Waals surface area contributed by atoms with Gasteiger partial charge in [-0.05, 0) is 32.4 Å². The van der Waals surface area contributed by atoms with Crippen LogP contribution in [0, 0.1) is 5.82 Å². The molecule has 1 aliphatic heterocycles. The topological polar surface area (TPSA) is 30.5 Å². The lowest BCUT2D eigenvalue weighted by molar-refractivity contribution is -0.0119. The summed E-state index contributed by atoms with van der Waals surface area (Å²) in [5.74, 6) is 0.0413. The third-order valence-electron chi connectivity index (χ3n) is 3.10. The Labute approximate surface area is 107 Å². The van der Waals surface area contributed by atoms with Crippen molar-refractivity contribution in [1.82, 2.24) is 5.32 Å². The standard InChI is InChI=1S/C14H20FNO2/c1-16-9-11-5-4-7-13(15)14(11)18-10-12-6-2-3-8-17-12/h4-5,7,12,16H,2-3,6,8-10H2,1H3. The van der Waals surface area contributed by atoms with Gasteiger partial charge in [0, 0.05) is 18.7 Å². The fourth-order valence-electron chi connectivity index (χ4n) is 2.16. The summed E-state index contributed by atoms with van der Waals surface area (Å²) in [6.45, 7) is 1.81. The van der Waals surface area contributed by atoms with Crippen molar-refractivity contribution in [2.24, 2.45) is 0 Å². The molecule has 1 N–H and O–H groups in total. The van der Waals surface area contributed by atoms with E-state index < -0.39 is 0 Å². The molecule has 4 heteroatoms. The molecule has 100 valence electrons. The van der Waals surface area contributed by atoms with E-state index in [2.05, 4.69) is 5.32 Å². The zero-order chi connectivity index (χ0) is 12.8. The van der Waals surface area contributed by atoms with Crippen molar-refractivity contribution in [2.75, 3.05) is 20.3 Å². The Bertz CT molecular complexity index is 378. The first kappa shape index (κ1) is 13.3. The first-order valence-corrected chi connectivity index (χ1v) is 6.47. The van der Waals surface area contributed by atoms with E-state index in [9.17, 15) is 4.39 Å². The molecule has 1 aromatic rings. The van der Waals surface area contributed by atoms with Gasteiger partial charge in [0.2, 0.25) is 0 Å². The molecule has 1 heterocycles. The van der Waals surface area contributed by atoms with Crippen molar-refractivity contribution in [1.29, 1.82) is 0 Å². The summed E-state index contributed by atoms with van der Waals surface area (Å²) >= 11 is 0. The van der Waals surface area contributed by atoms with Gasteiger partial charge in [0.25, 0.3) is 0 Å². The van der Waals surface area contributed by atoms with E-state index >= 15 is 0 Å². The van der Waals surface area contributed by atoms with Crippen molar-refractivity contribution in [2.45, 2.75) is 31.9 Å². The van der Waals surface area contributed by atoms with E-state index in [1.54, 1.807) is 6.07 Å². The number of nitrogens with one attached hydrogen (secondary N) is 1. The largest absolute Gasteiger partial charge is 0.487 e. The molecule has 0 saturated carbocycles. The lowest BCUT2D eigenvalue weighted by Gasteiger charge is -2.23. The van der Waals surface area contributed by atoms with Crippen LogP contribution in [0.3, 0.4) is 0 Å². The molecule has 18 heavy (non-hydrogen) atoms. The third-order valence-corrected chi connectivity index (χ3v) is 3.10. The Morgan fingerprint density at radius 3 is 3.06 bits per heavy atom. The minimum Gasteiger partial charge on any atom is -0.487 e. The molecule has 1 unspecified atom stereocenters. The fraction of sp³-hybridized carbons (Fsp3) is 0.571. The lowest BCUT2D eigenvalue weighted by atomic mass is 10.1. The zero-order valence-corrected chi connectivity index (χ0v) is 10.7. The van der Waals surface area contributed by atoms with Gasteiger partial charge in [-0.25, -0.2) is 4.39 Å². The highest BCUT2D eigenvalue weighted by Crippen LogP contribution is 2.24. The van der Waals surface area contributed by atoms with Crippen LogP contribution < -0.4 is 10.1 Å². The van der Waals surface area contributed by atoms with E-state index in [1.165, 1.54) is 6.07 Å². The fourth-order valence-corrected chi connectivity index (χ4v) is 2.16. The second kappa shape index (κ2) is 6.71. The molecule has 3 nitrogen and oxygen atoms in total. The Hall–Kier alpha value is -1.13. The van der Waals surface area contributed by atoms with E-state index in [1.807, 2.05) is 13.1 Å². The first-order valence-electron chi connectivity index (χ1n) is 6.47. The van der Waals surface area contributed by atoms with Crippen LogP contribution in [0.4, 0.5) is 4.39 Å². The van der Waals surface area contributed by atoms with Gasteiger partial charge in [-0.2, -0.15) is 0 Å². The maximum absolute atomic E-state index is 13.7. The molecule has 0 amide bonds. The number of hydrogen-bond donors (Lipinski definition) is 1. The predicted octanol–water partition coefficient (Wildman–Crippen LogP) is 2.49. The Balaban J connectivity index is 1.98. The molecule has 1 fully saturated rings. The van der Waals surface area contributed by atoms with Crippen molar-refractivity contribution >= 4 is 0 Å². The van der Waals surface area contributed by atoms with Gasteiger partial charge in [0.15, 0.2) is 11.6 Å². The number of hydrogen-bond acceptors (Lipinski definition) is 3. The van der Waals surface area contributed by atoms with Crippen molar-refractivity contribution in [3.8, 4) is 5.75 Å². The Kier molecular flexibility index (Phi) is 4.96. The van der Waals surface area contributed by atoms with Crippen molar-refractivity contribution in [3.05, 3.63) is 29.6 Å². The molecule has 0 bridgehead atoms. The summed E-state index contributed by atoms with van der Waals surface area (Å²) in [4.78, 5) is 0. The quantitative estimate of drug-likeness (QED) is 0.874. The van der Waals surface area contributed by atoms with Crippen LogP contribution in [0.1, 0.15) is 24.8 Å². The van der Waals surface area contributed by atoms with E-state index in [4.69, 9.17) is 9.47 Å². The SMILES string of the molecule is CNCc1cccc(F)c1OCC1CCCCO1. The monoisotopic (exact) mass is 253 g/mol. The normalized spacial score (nSPS) is 19.8. The van der Waals surface area contributed by atoms with Gasteiger partial charge < -0.3 is 14.8 Å². The van der Waals surface area contributed by atoms with Crippen molar-refractivity contribution in [3.63, 3.8) is 0 Å². The number of para-hydroxylation sites is 1. The highest BCUT2D eigenvalue weighted by molar-refractivity contribution is 5.34. The molecule has 0 spiro atoms. The van der Waals surface area contributed by atoms with Gasteiger partial charge in [-0.1, -0.05) is 12.1 Å². The van der Waals surface area contributed by atoms with E-state index in [0.29, 0.717) is 18.9 Å². The van der Waals surface area contributed by atoms with Crippen LogP contribution >= 0.6 is 0 Å². The third kappa shape index (κ3) is 3.43. The van der Waals surface area contributed by atoms with Crippen LogP contribution in [0.5, 0.6) is 5.75 Å². The average Bonchev–Trinajstić information content (AvgIpc) is 2.40. The highest BCUT2D eigenvalue weighted by Gasteiger charge is 2.16. The minimum absolute atomic E-state index is 0.0980. The van der Waals surface area contributed by atoms with Crippen LogP contribution in [-0.4, -0.2) is 26.4 Å². The summed E-state index contributed by atoms with van der Waals surface area (Å²) in [6.07, 6.45) is 3.37. The molecular formula is C14H20FNO2. The molecule has 1 aromatic carbocycles. The van der Waals surface area contributed by atoms with Crippen molar-refractivity contribution < 1.29 is 13.9 Å². The average molecular weight is 253 g/mol. The maximum Gasteiger partial charge on any atom is 0.165 e. The summed E-state index contributed by atoms with van der Waals surface area (Å²) < 4.78 is 24.9. The molecule has 2 rings (SSSR count). The van der Waals surface area contributed by atoms with Gasteiger partial charge in [0.05, 0.1) is 6.10 Å². The summed E-state index contributed by atoms with van der Waals surface area (Å²) in [5, 5.41) is 3.01. The highest BCUT2D eigenvalue weighted by atomic mass is 19.1. The smallest absolute Gasteiger partial charge is 0.165 e. The van der Waals surface area contributed by atoms with Gasteiger partial charge in [-0.15, -0.1) is 0 Å². The molecule has 0 radical (unpaired) electrons. The minimum atomic E-state index is -0.307. The van der Waals surface area contributed by atoms with Crippen LogP contribution in [0.2, 0.25) is 0 Å².